The van der Waals surface area contributed by atoms with Crippen LogP contribution in [0.1, 0.15) is 12.8 Å². The minimum absolute atomic E-state index is 0.247. The second-order valence-corrected chi connectivity index (χ2v) is 2.45. The summed E-state index contributed by atoms with van der Waals surface area (Å²) >= 11 is 0. The van der Waals surface area contributed by atoms with Crippen LogP contribution in [-0.4, -0.2) is 27.4 Å². The molecule has 10 heavy (non-hydrogen) atoms. The summed E-state index contributed by atoms with van der Waals surface area (Å²) < 4.78 is 0. The van der Waals surface area contributed by atoms with Crippen molar-refractivity contribution in [3.63, 3.8) is 0 Å². The zero-order valence-electron chi connectivity index (χ0n) is 5.13. The minimum Gasteiger partial charge on any atom is -0.481 e. The van der Waals surface area contributed by atoms with Gasteiger partial charge in [-0.2, -0.15) is 0 Å². The number of rotatable bonds is 4. The topological polar surface area (TPSA) is 74.6 Å². The highest BCUT2D eigenvalue weighted by Gasteiger charge is 2.05. The molecule has 0 saturated carbocycles. The second kappa shape index (κ2) is 4.01. The average Bonchev–Trinajstić information content (AvgIpc) is 1.58. The maximum Gasteiger partial charge on any atom is 0.307 e. The van der Waals surface area contributed by atoms with E-state index in [1.165, 1.54) is 0 Å². The van der Waals surface area contributed by atoms with E-state index in [1.807, 2.05) is 0 Å². The Balaban J connectivity index is 3.65. The molecule has 0 unspecified atom stereocenters. The molecule has 0 aromatic heterocycles. The smallest absolute Gasteiger partial charge is 0.307 e. The van der Waals surface area contributed by atoms with Crippen molar-refractivity contribution < 1.29 is 19.8 Å². The monoisotopic (exact) mass is 162 g/mol. The van der Waals surface area contributed by atoms with Crippen molar-refractivity contribution in [1.29, 1.82) is 0 Å². The normalized spacial score (nSPS) is 8.80. The Morgan fingerprint density at radius 1 is 1.10 bits per heavy atom. The Hall–Kier alpha value is -0.890. The first-order valence-electron chi connectivity index (χ1n) is 2.52. The van der Waals surface area contributed by atoms with Crippen LogP contribution in [0.4, 0.5) is 0 Å². The van der Waals surface area contributed by atoms with Crippen molar-refractivity contribution in [2.75, 3.05) is 0 Å². The lowest BCUT2D eigenvalue weighted by atomic mass is 10.2. The first kappa shape index (κ1) is 9.11. The van der Waals surface area contributed by atoms with E-state index in [0.717, 1.165) is 0 Å². The van der Waals surface area contributed by atoms with Gasteiger partial charge in [-0.1, -0.05) is 0 Å². The van der Waals surface area contributed by atoms with Crippen LogP contribution in [0.25, 0.3) is 0 Å². The van der Waals surface area contributed by atoms with Gasteiger partial charge in [-0.05, 0) is 5.29 Å². The SMILES string of the molecule is O=C(O)CC(=P)CC(=O)O. The number of hydrogen-bond acceptors (Lipinski definition) is 2. The Kier molecular flexibility index (Phi) is 3.65. The Labute approximate surface area is 59.7 Å². The number of carboxylic acids is 2. The molecule has 0 heterocycles. The highest BCUT2D eigenvalue weighted by atomic mass is 31.0. The van der Waals surface area contributed by atoms with E-state index in [0.29, 0.717) is 0 Å². The first-order chi connectivity index (χ1) is 4.52. The molecular formula is C5H7O4P. The molecule has 0 spiro atoms. The van der Waals surface area contributed by atoms with E-state index in [1.54, 1.807) is 0 Å². The molecule has 0 atom stereocenters. The molecule has 5 heteroatoms. The van der Waals surface area contributed by atoms with Gasteiger partial charge >= 0.3 is 11.9 Å². The van der Waals surface area contributed by atoms with Gasteiger partial charge in [0.15, 0.2) is 0 Å². The van der Waals surface area contributed by atoms with Crippen LogP contribution < -0.4 is 0 Å². The molecule has 0 fully saturated rings. The van der Waals surface area contributed by atoms with Crippen LogP contribution in [0.2, 0.25) is 0 Å². The third-order valence-corrected chi connectivity index (χ3v) is 1.08. The van der Waals surface area contributed by atoms with Crippen molar-refractivity contribution in [2.45, 2.75) is 12.8 Å². The number of hydrogen-bond donors (Lipinski definition) is 2. The maximum absolute atomic E-state index is 9.95. The number of carboxylic acid groups (broad SMARTS) is 2. The lowest BCUT2D eigenvalue weighted by molar-refractivity contribution is -0.135. The van der Waals surface area contributed by atoms with Crippen molar-refractivity contribution in [3.05, 3.63) is 0 Å². The highest BCUT2D eigenvalue weighted by Crippen LogP contribution is 1.94. The van der Waals surface area contributed by atoms with Gasteiger partial charge in [-0.25, -0.2) is 0 Å². The van der Waals surface area contributed by atoms with Crippen molar-refractivity contribution in [1.82, 2.24) is 0 Å². The number of aliphatic carboxylic acids is 2. The summed E-state index contributed by atoms with van der Waals surface area (Å²) in [5.74, 6) is -2.07. The molecular weight excluding hydrogens is 155 g/mol. The summed E-state index contributed by atoms with van der Waals surface area (Å²) in [4.78, 5) is 19.9. The predicted molar refractivity (Wildman–Crippen MR) is 37.8 cm³/mol. The summed E-state index contributed by atoms with van der Waals surface area (Å²) in [5.41, 5.74) is 0. The Morgan fingerprint density at radius 2 is 1.40 bits per heavy atom. The van der Waals surface area contributed by atoms with E-state index in [9.17, 15) is 9.59 Å². The van der Waals surface area contributed by atoms with Crippen molar-refractivity contribution >= 4 is 26.1 Å². The van der Waals surface area contributed by atoms with E-state index in [-0.39, 0.29) is 18.1 Å². The molecule has 4 nitrogen and oxygen atoms in total. The zero-order valence-corrected chi connectivity index (χ0v) is 6.13. The van der Waals surface area contributed by atoms with Gasteiger partial charge in [-0.3, -0.25) is 9.59 Å². The molecule has 2 N–H and O–H groups in total. The maximum atomic E-state index is 9.95. The van der Waals surface area contributed by atoms with Crippen LogP contribution in [-0.2, 0) is 9.59 Å². The van der Waals surface area contributed by atoms with Gasteiger partial charge in [-0.15, -0.1) is 8.86 Å². The predicted octanol–water partition coefficient (Wildman–Crippen LogP) is 0.251. The van der Waals surface area contributed by atoms with E-state index in [2.05, 4.69) is 8.86 Å². The van der Waals surface area contributed by atoms with Gasteiger partial charge in [0.05, 0.1) is 12.8 Å². The highest BCUT2D eigenvalue weighted by molar-refractivity contribution is 7.21. The van der Waals surface area contributed by atoms with E-state index < -0.39 is 11.9 Å². The third-order valence-electron chi connectivity index (χ3n) is 0.729. The summed E-state index contributed by atoms with van der Waals surface area (Å²) in [7, 11) is 2.88. The molecule has 0 aromatic carbocycles. The van der Waals surface area contributed by atoms with Crippen LogP contribution >= 0.6 is 8.86 Å². The fraction of sp³-hybridized carbons (Fsp3) is 0.400. The summed E-state index contributed by atoms with van der Waals surface area (Å²) in [6.07, 6.45) is -0.494. The fourth-order valence-corrected chi connectivity index (χ4v) is 0.730. The minimum atomic E-state index is -1.04. The molecule has 0 saturated heterocycles. The van der Waals surface area contributed by atoms with Crippen LogP contribution in [0.15, 0.2) is 0 Å². The lowest BCUT2D eigenvalue weighted by Crippen LogP contribution is -2.08. The third kappa shape index (κ3) is 5.25. The van der Waals surface area contributed by atoms with Gasteiger partial charge in [0.1, 0.15) is 0 Å². The zero-order chi connectivity index (χ0) is 8.15. The molecule has 0 aliphatic rings. The number of carbonyl (C=O) groups is 2. The van der Waals surface area contributed by atoms with Gasteiger partial charge in [0.25, 0.3) is 0 Å². The molecule has 0 aliphatic heterocycles. The van der Waals surface area contributed by atoms with Crippen LogP contribution in [0, 0.1) is 0 Å². The second-order valence-electron chi connectivity index (χ2n) is 1.74. The molecule has 0 rings (SSSR count). The van der Waals surface area contributed by atoms with Gasteiger partial charge < -0.3 is 10.2 Å². The molecule has 0 aliphatic carbocycles. The standard InChI is InChI=1S/C5H7O4P/c6-4(7)1-3(10)2-5(8)9/h10H,1-2H2,(H,6,7)(H,8,9). The quantitative estimate of drug-likeness (QED) is 0.581. The van der Waals surface area contributed by atoms with Crippen LogP contribution in [0.3, 0.4) is 0 Å². The summed E-state index contributed by atoms with van der Waals surface area (Å²) in [5, 5.41) is 16.6. The van der Waals surface area contributed by atoms with Crippen LogP contribution in [0.5, 0.6) is 0 Å². The fourth-order valence-electron chi connectivity index (χ4n) is 0.428. The van der Waals surface area contributed by atoms with Gasteiger partial charge in [0, 0.05) is 0 Å². The van der Waals surface area contributed by atoms with E-state index >= 15 is 0 Å². The Morgan fingerprint density at radius 3 is 1.60 bits per heavy atom. The lowest BCUT2D eigenvalue weighted by Gasteiger charge is -1.94. The molecule has 0 radical (unpaired) electrons. The molecule has 56 valence electrons. The van der Waals surface area contributed by atoms with Gasteiger partial charge in [0.2, 0.25) is 0 Å². The molecule has 0 aromatic rings. The Bertz CT molecular complexity index is 156. The molecule has 0 amide bonds. The first-order valence-corrected chi connectivity index (χ1v) is 3.02. The summed E-state index contributed by atoms with van der Waals surface area (Å²) in [6, 6.07) is 0. The average molecular weight is 162 g/mol. The van der Waals surface area contributed by atoms with E-state index in [4.69, 9.17) is 10.2 Å². The largest absolute Gasteiger partial charge is 0.481 e. The van der Waals surface area contributed by atoms with Crippen molar-refractivity contribution in [2.24, 2.45) is 0 Å². The molecule has 0 bridgehead atoms. The van der Waals surface area contributed by atoms with Crippen molar-refractivity contribution in [3.8, 4) is 0 Å². The summed E-state index contributed by atoms with van der Waals surface area (Å²) in [6.45, 7) is 0.